The van der Waals surface area contributed by atoms with Crippen molar-refractivity contribution >= 4 is 11.8 Å². The fraction of sp³-hybridized carbons (Fsp3) is 0.519. The Balaban J connectivity index is 1.53. The summed E-state index contributed by atoms with van der Waals surface area (Å²) < 4.78 is 19.1. The monoisotopic (exact) mass is 482 g/mol. The molecule has 2 fully saturated rings. The van der Waals surface area contributed by atoms with Crippen LogP contribution in [-0.2, 0) is 9.59 Å². The van der Waals surface area contributed by atoms with Crippen LogP contribution in [0.4, 0.5) is 4.39 Å². The highest BCUT2D eigenvalue weighted by Gasteiger charge is 2.39. The van der Waals surface area contributed by atoms with Gasteiger partial charge in [-0.3, -0.25) is 14.6 Å². The van der Waals surface area contributed by atoms with Gasteiger partial charge in [-0.25, -0.2) is 4.39 Å². The number of hydrogen-bond donors (Lipinski definition) is 2. The van der Waals surface area contributed by atoms with Gasteiger partial charge >= 0.3 is 0 Å². The molecular formula is C27H35FN4O3. The van der Waals surface area contributed by atoms with Crippen molar-refractivity contribution in [3.63, 3.8) is 0 Å². The van der Waals surface area contributed by atoms with E-state index in [9.17, 15) is 14.0 Å². The van der Waals surface area contributed by atoms with Crippen LogP contribution in [0.15, 0.2) is 42.7 Å². The third-order valence-electron chi connectivity index (χ3n) is 7.22. The van der Waals surface area contributed by atoms with E-state index in [4.69, 9.17) is 4.74 Å². The first-order valence-electron chi connectivity index (χ1n) is 12.6. The Labute approximate surface area is 206 Å². The molecule has 2 aromatic rings. The molecule has 3 unspecified atom stereocenters. The second kappa shape index (κ2) is 11.6. The minimum absolute atomic E-state index is 0.0130. The summed E-state index contributed by atoms with van der Waals surface area (Å²) in [5.74, 6) is 0.714. The maximum Gasteiger partial charge on any atom is 0.245 e. The molecule has 1 saturated carbocycles. The topological polar surface area (TPSA) is 83.6 Å². The van der Waals surface area contributed by atoms with Gasteiger partial charge in [-0.1, -0.05) is 19.3 Å². The van der Waals surface area contributed by atoms with Crippen molar-refractivity contribution in [3.05, 3.63) is 54.1 Å². The average molecular weight is 483 g/mol. The first-order chi connectivity index (χ1) is 17.0. The van der Waals surface area contributed by atoms with Crippen LogP contribution in [0.2, 0.25) is 0 Å². The summed E-state index contributed by atoms with van der Waals surface area (Å²) in [5.41, 5.74) is 0.896. The van der Waals surface area contributed by atoms with E-state index in [0.29, 0.717) is 18.0 Å². The second-order valence-corrected chi connectivity index (χ2v) is 9.59. The van der Waals surface area contributed by atoms with Crippen LogP contribution in [0.25, 0.3) is 0 Å². The summed E-state index contributed by atoms with van der Waals surface area (Å²) in [6.07, 6.45) is 10.3. The first-order valence-corrected chi connectivity index (χ1v) is 12.6. The van der Waals surface area contributed by atoms with Crippen molar-refractivity contribution in [2.24, 2.45) is 5.92 Å². The molecular weight excluding hydrogens is 447 g/mol. The predicted octanol–water partition coefficient (Wildman–Crippen LogP) is 4.35. The van der Waals surface area contributed by atoms with Gasteiger partial charge in [-0.15, -0.1) is 0 Å². The van der Waals surface area contributed by atoms with Crippen molar-refractivity contribution in [1.82, 2.24) is 20.5 Å². The number of ether oxygens (including phenoxy) is 1. The smallest absolute Gasteiger partial charge is 0.245 e. The molecule has 8 heteroatoms. The quantitative estimate of drug-likeness (QED) is 0.585. The van der Waals surface area contributed by atoms with E-state index in [-0.39, 0.29) is 35.6 Å². The van der Waals surface area contributed by atoms with E-state index in [1.54, 1.807) is 38.5 Å². The zero-order chi connectivity index (χ0) is 24.8. The highest BCUT2D eigenvalue weighted by atomic mass is 19.1. The van der Waals surface area contributed by atoms with E-state index in [1.807, 2.05) is 11.0 Å². The molecule has 2 heterocycles. The van der Waals surface area contributed by atoms with Gasteiger partial charge < -0.3 is 20.3 Å². The maximum absolute atomic E-state index is 13.9. The van der Waals surface area contributed by atoms with Gasteiger partial charge in [0, 0.05) is 12.7 Å². The molecule has 0 bridgehead atoms. The number of likely N-dealkylation sites (tertiary alicyclic amines) is 1. The Hall–Kier alpha value is -3.00. The van der Waals surface area contributed by atoms with Crippen LogP contribution in [0, 0.1) is 11.7 Å². The lowest BCUT2D eigenvalue weighted by Crippen LogP contribution is -2.55. The number of pyridine rings is 1. The van der Waals surface area contributed by atoms with E-state index >= 15 is 0 Å². The molecule has 4 rings (SSSR count). The van der Waals surface area contributed by atoms with Crippen LogP contribution < -0.4 is 15.4 Å². The number of halogens is 1. The van der Waals surface area contributed by atoms with Gasteiger partial charge in [-0.2, -0.15) is 0 Å². The second-order valence-electron chi connectivity index (χ2n) is 9.59. The molecule has 188 valence electrons. The summed E-state index contributed by atoms with van der Waals surface area (Å²) in [5, 5.41) is 6.04. The summed E-state index contributed by atoms with van der Waals surface area (Å²) in [7, 11) is 1.74. The number of carbonyl (C=O) groups excluding carboxylic acids is 2. The number of carbonyl (C=O) groups is 2. The van der Waals surface area contributed by atoms with Crippen molar-refractivity contribution in [3.8, 4) is 11.5 Å². The number of hydrogen-bond acceptors (Lipinski definition) is 5. The van der Waals surface area contributed by atoms with E-state index in [2.05, 4.69) is 15.6 Å². The number of amides is 2. The molecule has 0 spiro atoms. The highest BCUT2D eigenvalue weighted by Crippen LogP contribution is 2.36. The van der Waals surface area contributed by atoms with Crippen molar-refractivity contribution in [2.75, 3.05) is 13.6 Å². The van der Waals surface area contributed by atoms with Crippen LogP contribution in [-0.4, -0.2) is 47.4 Å². The minimum atomic E-state index is -0.522. The standard InChI is InChI=1S/C27H35FN4O3/c1-18(29-2)26(33)31-25(19-7-4-3-5-8-19)27(34)32-14-6-9-24(32)20-15-23(17-30-16-20)35-22-12-10-21(28)11-13-22/h10-13,15-19,24-25,29H,3-9,14H2,1-2H3,(H,31,33). The Bertz CT molecular complexity index is 1010. The van der Waals surface area contributed by atoms with Gasteiger partial charge in [0.25, 0.3) is 0 Å². The molecule has 0 radical (unpaired) electrons. The molecule has 1 saturated heterocycles. The molecule has 1 aromatic carbocycles. The minimum Gasteiger partial charge on any atom is -0.456 e. The largest absolute Gasteiger partial charge is 0.456 e. The van der Waals surface area contributed by atoms with Gasteiger partial charge in [0.15, 0.2) is 0 Å². The summed E-state index contributed by atoms with van der Waals surface area (Å²) in [6, 6.07) is 6.70. The molecule has 1 aliphatic carbocycles. The third-order valence-corrected chi connectivity index (χ3v) is 7.22. The zero-order valence-electron chi connectivity index (χ0n) is 20.5. The zero-order valence-corrected chi connectivity index (χ0v) is 20.5. The summed E-state index contributed by atoms with van der Waals surface area (Å²) in [6.45, 7) is 2.45. The molecule has 3 atom stereocenters. The number of benzene rings is 1. The SMILES string of the molecule is CNC(C)C(=O)NC(C(=O)N1CCCC1c1cncc(Oc2ccc(F)cc2)c1)C1CCCCC1. The maximum atomic E-state index is 13.9. The van der Waals surface area contributed by atoms with Crippen molar-refractivity contribution < 1.29 is 18.7 Å². The molecule has 2 N–H and O–H groups in total. The average Bonchev–Trinajstić information content (AvgIpc) is 3.38. The molecule has 2 aliphatic rings. The van der Waals surface area contributed by atoms with Gasteiger partial charge in [-0.05, 0) is 81.5 Å². The Morgan fingerprint density at radius 1 is 1.06 bits per heavy atom. The van der Waals surface area contributed by atoms with Gasteiger partial charge in [0.05, 0.1) is 18.3 Å². The van der Waals surface area contributed by atoms with Gasteiger partial charge in [0.1, 0.15) is 23.4 Å². The van der Waals surface area contributed by atoms with Crippen LogP contribution in [0.3, 0.4) is 0 Å². The lowest BCUT2D eigenvalue weighted by atomic mass is 9.83. The third kappa shape index (κ3) is 6.17. The highest BCUT2D eigenvalue weighted by molar-refractivity contribution is 5.90. The Morgan fingerprint density at radius 2 is 1.80 bits per heavy atom. The number of nitrogens with one attached hydrogen (secondary N) is 2. The van der Waals surface area contributed by atoms with E-state index < -0.39 is 6.04 Å². The van der Waals surface area contributed by atoms with Crippen molar-refractivity contribution in [2.45, 2.75) is 70.0 Å². The number of nitrogens with zero attached hydrogens (tertiary/aromatic N) is 2. The predicted molar refractivity (Wildman–Crippen MR) is 131 cm³/mol. The fourth-order valence-electron chi connectivity index (χ4n) is 5.13. The summed E-state index contributed by atoms with van der Waals surface area (Å²) in [4.78, 5) is 32.9. The fourth-order valence-corrected chi connectivity index (χ4v) is 5.13. The van der Waals surface area contributed by atoms with E-state index in [1.165, 1.54) is 18.6 Å². The number of rotatable bonds is 8. The first kappa shape index (κ1) is 25.1. The molecule has 7 nitrogen and oxygen atoms in total. The molecule has 1 aliphatic heterocycles. The normalized spacial score (nSPS) is 20.3. The summed E-state index contributed by atoms with van der Waals surface area (Å²) >= 11 is 0. The lowest BCUT2D eigenvalue weighted by Gasteiger charge is -2.35. The lowest BCUT2D eigenvalue weighted by molar-refractivity contribution is -0.139. The van der Waals surface area contributed by atoms with Crippen LogP contribution >= 0.6 is 0 Å². The molecule has 35 heavy (non-hydrogen) atoms. The van der Waals surface area contributed by atoms with Crippen molar-refractivity contribution in [1.29, 1.82) is 0 Å². The Morgan fingerprint density at radius 3 is 2.51 bits per heavy atom. The van der Waals surface area contributed by atoms with Crippen LogP contribution in [0.5, 0.6) is 11.5 Å². The van der Waals surface area contributed by atoms with E-state index in [0.717, 1.165) is 44.1 Å². The molecule has 2 amide bonds. The number of aromatic nitrogens is 1. The van der Waals surface area contributed by atoms with Gasteiger partial charge in [0.2, 0.25) is 11.8 Å². The number of likely N-dealkylation sites (N-methyl/N-ethyl adjacent to an activating group) is 1. The Kier molecular flexibility index (Phi) is 8.33. The molecule has 1 aromatic heterocycles. The van der Waals surface area contributed by atoms with Crippen LogP contribution in [0.1, 0.15) is 63.5 Å².